The van der Waals surface area contributed by atoms with Crippen LogP contribution in [-0.2, 0) is 9.59 Å². The Hall–Kier alpha value is -2.56. The number of rotatable bonds is 5. The molecule has 0 radical (unpaired) electrons. The van der Waals surface area contributed by atoms with Crippen molar-refractivity contribution in [3.8, 4) is 5.75 Å². The summed E-state index contributed by atoms with van der Waals surface area (Å²) >= 11 is 0. The normalized spacial score (nSPS) is 10.7. The fourth-order valence-electron chi connectivity index (χ4n) is 2.07. The van der Waals surface area contributed by atoms with Crippen molar-refractivity contribution in [2.45, 2.75) is 12.8 Å². The van der Waals surface area contributed by atoms with E-state index in [9.17, 15) is 9.59 Å². The first-order valence-corrected chi connectivity index (χ1v) is 6.15. The number of carboxylic acids is 2. The third-order valence-electron chi connectivity index (χ3n) is 2.97. The molecule has 0 saturated heterocycles. The van der Waals surface area contributed by atoms with Crippen molar-refractivity contribution < 1.29 is 24.5 Å². The smallest absolute Gasteiger partial charge is 0.322 e. The van der Waals surface area contributed by atoms with Crippen LogP contribution in [0.2, 0.25) is 0 Å². The first-order valence-electron chi connectivity index (χ1n) is 6.15. The Morgan fingerprint density at radius 3 is 2.25 bits per heavy atom. The summed E-state index contributed by atoms with van der Waals surface area (Å²) < 4.78 is 5.38. The topological polar surface area (TPSA) is 83.8 Å². The maximum atomic E-state index is 11.0. The van der Waals surface area contributed by atoms with Crippen LogP contribution in [0.15, 0.2) is 36.4 Å². The maximum Gasteiger partial charge on any atom is 0.322 e. The van der Waals surface area contributed by atoms with Crippen molar-refractivity contribution in [1.82, 2.24) is 0 Å². The summed E-state index contributed by atoms with van der Waals surface area (Å²) in [5, 5.41) is 19.6. The van der Waals surface area contributed by atoms with E-state index in [1.807, 2.05) is 13.0 Å². The second kappa shape index (κ2) is 5.61. The zero-order valence-corrected chi connectivity index (χ0v) is 10.9. The number of carboxylic acid groups (broad SMARTS) is 2. The van der Waals surface area contributed by atoms with Crippen molar-refractivity contribution in [3.05, 3.63) is 42.0 Å². The number of hydrogen-bond acceptors (Lipinski definition) is 3. The molecule has 0 atom stereocenters. The highest BCUT2D eigenvalue weighted by Crippen LogP contribution is 2.25. The Bertz CT molecular complexity index is 648. The summed E-state index contributed by atoms with van der Waals surface area (Å²) in [5.74, 6) is -3.57. The molecule has 20 heavy (non-hydrogen) atoms. The van der Waals surface area contributed by atoms with Crippen LogP contribution >= 0.6 is 0 Å². The second-order valence-electron chi connectivity index (χ2n) is 4.31. The van der Waals surface area contributed by atoms with Crippen LogP contribution in [0.4, 0.5) is 0 Å². The van der Waals surface area contributed by atoms with E-state index in [2.05, 4.69) is 0 Å². The maximum absolute atomic E-state index is 11.0. The summed E-state index contributed by atoms with van der Waals surface area (Å²) in [5.41, 5.74) is 0.252. The van der Waals surface area contributed by atoms with Crippen molar-refractivity contribution >= 4 is 22.7 Å². The molecule has 0 amide bonds. The number of carbonyl (C=O) groups is 2. The van der Waals surface area contributed by atoms with Gasteiger partial charge in [-0.25, -0.2) is 0 Å². The molecule has 0 saturated carbocycles. The lowest BCUT2D eigenvalue weighted by Crippen LogP contribution is -2.20. The standard InChI is InChI=1S/C15H14O5/c1-2-20-12-6-5-9-7-11(4-3-10(9)8-12)13(14(16)17)15(18)19/h3-8,13H,2H2,1H3,(H,16,17)(H,18,19). The third kappa shape index (κ3) is 2.71. The van der Waals surface area contributed by atoms with Crippen molar-refractivity contribution in [1.29, 1.82) is 0 Å². The zero-order chi connectivity index (χ0) is 14.7. The van der Waals surface area contributed by atoms with Gasteiger partial charge in [0.25, 0.3) is 0 Å². The number of benzene rings is 2. The van der Waals surface area contributed by atoms with Gasteiger partial charge in [-0.3, -0.25) is 9.59 Å². The summed E-state index contributed by atoms with van der Waals surface area (Å²) in [7, 11) is 0. The van der Waals surface area contributed by atoms with E-state index in [1.54, 1.807) is 24.3 Å². The van der Waals surface area contributed by atoms with Crippen molar-refractivity contribution in [2.24, 2.45) is 0 Å². The Morgan fingerprint density at radius 2 is 1.65 bits per heavy atom. The molecule has 2 aromatic carbocycles. The fraction of sp³-hybridized carbons (Fsp3) is 0.200. The monoisotopic (exact) mass is 274 g/mol. The molecule has 0 heterocycles. The average molecular weight is 274 g/mol. The molecule has 0 aliphatic heterocycles. The van der Waals surface area contributed by atoms with Gasteiger partial charge in [-0.05, 0) is 41.5 Å². The molecule has 0 fully saturated rings. The van der Waals surface area contributed by atoms with Gasteiger partial charge in [0.15, 0.2) is 5.92 Å². The van der Waals surface area contributed by atoms with Gasteiger partial charge < -0.3 is 14.9 Å². The lowest BCUT2D eigenvalue weighted by molar-refractivity contribution is -0.150. The van der Waals surface area contributed by atoms with E-state index in [1.165, 1.54) is 6.07 Å². The van der Waals surface area contributed by atoms with Gasteiger partial charge in [-0.2, -0.15) is 0 Å². The van der Waals surface area contributed by atoms with Crippen LogP contribution in [0.25, 0.3) is 10.8 Å². The molecule has 5 nitrogen and oxygen atoms in total. The molecule has 104 valence electrons. The van der Waals surface area contributed by atoms with Crippen molar-refractivity contribution in [2.75, 3.05) is 6.61 Å². The molecule has 2 aromatic rings. The molecule has 0 spiro atoms. The first-order chi connectivity index (χ1) is 9.52. The van der Waals surface area contributed by atoms with E-state index in [0.717, 1.165) is 16.5 Å². The molecule has 0 bridgehead atoms. The van der Waals surface area contributed by atoms with Gasteiger partial charge in [-0.1, -0.05) is 18.2 Å². The lowest BCUT2D eigenvalue weighted by Gasteiger charge is -2.10. The molecule has 2 rings (SSSR count). The van der Waals surface area contributed by atoms with E-state index >= 15 is 0 Å². The minimum Gasteiger partial charge on any atom is -0.494 e. The molecular weight excluding hydrogens is 260 g/mol. The highest BCUT2D eigenvalue weighted by Gasteiger charge is 2.27. The van der Waals surface area contributed by atoms with E-state index in [-0.39, 0.29) is 5.56 Å². The predicted octanol–water partition coefficient (Wildman–Crippen LogP) is 2.49. The Balaban J connectivity index is 2.46. The summed E-state index contributed by atoms with van der Waals surface area (Å²) in [6.07, 6.45) is 0. The Kier molecular flexibility index (Phi) is 3.89. The largest absolute Gasteiger partial charge is 0.494 e. The van der Waals surface area contributed by atoms with Gasteiger partial charge in [0.05, 0.1) is 6.61 Å². The summed E-state index contributed by atoms with van der Waals surface area (Å²) in [6.45, 7) is 2.45. The SMILES string of the molecule is CCOc1ccc2cc(C(C(=O)O)C(=O)O)ccc2c1. The van der Waals surface area contributed by atoms with Gasteiger partial charge in [-0.15, -0.1) is 0 Å². The minimum atomic E-state index is -1.55. The predicted molar refractivity (Wildman–Crippen MR) is 73.1 cm³/mol. The van der Waals surface area contributed by atoms with E-state index < -0.39 is 17.9 Å². The highest BCUT2D eigenvalue weighted by molar-refractivity contribution is 6.00. The number of hydrogen-bond donors (Lipinski definition) is 2. The van der Waals surface area contributed by atoms with Crippen LogP contribution in [-0.4, -0.2) is 28.8 Å². The zero-order valence-electron chi connectivity index (χ0n) is 10.9. The molecule has 0 aromatic heterocycles. The first kappa shape index (κ1) is 13.9. The summed E-state index contributed by atoms with van der Waals surface area (Å²) in [4.78, 5) is 22.0. The highest BCUT2D eigenvalue weighted by atomic mass is 16.5. The van der Waals surface area contributed by atoms with Crippen molar-refractivity contribution in [3.63, 3.8) is 0 Å². The van der Waals surface area contributed by atoms with Crippen LogP contribution in [0, 0.1) is 0 Å². The number of fused-ring (bicyclic) bond motifs is 1. The molecule has 5 heteroatoms. The molecular formula is C15H14O5. The minimum absolute atomic E-state index is 0.252. The second-order valence-corrected chi connectivity index (χ2v) is 4.31. The third-order valence-corrected chi connectivity index (χ3v) is 2.97. The Morgan fingerprint density at radius 1 is 1.05 bits per heavy atom. The Labute approximate surface area is 115 Å². The van der Waals surface area contributed by atoms with E-state index in [0.29, 0.717) is 6.61 Å². The summed E-state index contributed by atoms with van der Waals surface area (Å²) in [6, 6.07) is 10.2. The molecule has 0 aliphatic carbocycles. The lowest BCUT2D eigenvalue weighted by atomic mass is 9.96. The fourth-order valence-corrected chi connectivity index (χ4v) is 2.07. The van der Waals surface area contributed by atoms with Crippen LogP contribution < -0.4 is 4.74 Å². The molecule has 0 aliphatic rings. The van der Waals surface area contributed by atoms with Gasteiger partial charge in [0, 0.05) is 0 Å². The molecule has 0 unspecified atom stereocenters. The number of aliphatic carboxylic acids is 2. The average Bonchev–Trinajstić information content (AvgIpc) is 2.38. The van der Waals surface area contributed by atoms with Crippen LogP contribution in [0.3, 0.4) is 0 Å². The van der Waals surface area contributed by atoms with Crippen LogP contribution in [0.5, 0.6) is 5.75 Å². The number of ether oxygens (including phenoxy) is 1. The quantitative estimate of drug-likeness (QED) is 0.818. The van der Waals surface area contributed by atoms with Gasteiger partial charge in [0.1, 0.15) is 5.75 Å². The van der Waals surface area contributed by atoms with Crippen LogP contribution in [0.1, 0.15) is 18.4 Å². The van der Waals surface area contributed by atoms with Gasteiger partial charge >= 0.3 is 11.9 Å². The van der Waals surface area contributed by atoms with E-state index in [4.69, 9.17) is 14.9 Å². The van der Waals surface area contributed by atoms with Gasteiger partial charge in [0.2, 0.25) is 0 Å². The molecule has 2 N–H and O–H groups in total.